The quantitative estimate of drug-likeness (QED) is 0.810. The Morgan fingerprint density at radius 3 is 2.42 bits per heavy atom. The van der Waals surface area contributed by atoms with Crippen LogP contribution in [0.2, 0.25) is 10.0 Å². The smallest absolute Gasteiger partial charge is 0.101 e. The third-order valence-electron chi connectivity index (χ3n) is 2.48. The first kappa shape index (κ1) is 13.5. The molecule has 0 amide bonds. The van der Waals surface area contributed by atoms with Crippen molar-refractivity contribution in [3.63, 3.8) is 0 Å². The van der Waals surface area contributed by atoms with Gasteiger partial charge in [-0.2, -0.15) is 5.26 Å². The molecule has 0 radical (unpaired) electrons. The van der Waals surface area contributed by atoms with Crippen molar-refractivity contribution < 1.29 is 0 Å². The number of allylic oxidation sites excluding steroid dienone is 1. The van der Waals surface area contributed by atoms with Crippen molar-refractivity contribution in [2.24, 2.45) is 0 Å². The van der Waals surface area contributed by atoms with Gasteiger partial charge in [0.15, 0.2) is 0 Å². The van der Waals surface area contributed by atoms with Gasteiger partial charge in [0.25, 0.3) is 0 Å². The Bertz CT molecular complexity index is 640. The van der Waals surface area contributed by atoms with Gasteiger partial charge in [0, 0.05) is 21.9 Å². The molecule has 0 heterocycles. The highest BCUT2D eigenvalue weighted by Crippen LogP contribution is 2.19. The molecule has 2 aromatic carbocycles. The summed E-state index contributed by atoms with van der Waals surface area (Å²) in [5, 5.41) is 13.5. The zero-order valence-corrected chi connectivity index (χ0v) is 11.4. The van der Waals surface area contributed by atoms with Crippen LogP contribution in [-0.4, -0.2) is 0 Å². The van der Waals surface area contributed by atoms with Gasteiger partial charge in [-0.05, 0) is 35.9 Å². The normalized spacial score (nSPS) is 10.9. The Labute approximate surface area is 121 Å². The third-order valence-corrected chi connectivity index (χ3v) is 2.97. The van der Waals surface area contributed by atoms with Crippen molar-refractivity contribution in [1.29, 1.82) is 5.26 Å². The second-order valence-corrected chi connectivity index (χ2v) is 4.70. The molecule has 94 valence electrons. The molecule has 0 saturated heterocycles. The Morgan fingerprint density at radius 2 is 1.79 bits per heavy atom. The van der Waals surface area contributed by atoms with Gasteiger partial charge in [-0.1, -0.05) is 41.4 Å². The fourth-order valence-electron chi connectivity index (χ4n) is 1.54. The molecule has 0 spiro atoms. The van der Waals surface area contributed by atoms with Crippen LogP contribution in [0.4, 0.5) is 5.69 Å². The number of benzene rings is 2. The average molecular weight is 289 g/mol. The van der Waals surface area contributed by atoms with Crippen molar-refractivity contribution in [2.45, 2.75) is 0 Å². The number of nitrogens with one attached hydrogen (secondary N) is 1. The van der Waals surface area contributed by atoms with Gasteiger partial charge < -0.3 is 5.32 Å². The molecule has 2 aromatic rings. The summed E-state index contributed by atoms with van der Waals surface area (Å²) in [4.78, 5) is 0. The molecule has 1 N–H and O–H groups in total. The molecule has 2 rings (SSSR count). The van der Waals surface area contributed by atoms with E-state index >= 15 is 0 Å². The van der Waals surface area contributed by atoms with Crippen LogP contribution in [0.15, 0.2) is 54.7 Å². The summed E-state index contributed by atoms with van der Waals surface area (Å²) in [6, 6.07) is 16.5. The first-order chi connectivity index (χ1) is 9.19. The van der Waals surface area contributed by atoms with Crippen LogP contribution in [0.25, 0.3) is 5.57 Å². The standard InChI is InChI=1S/C15H10Cl2N2/c16-13-6-4-11(5-7-13)12(9-18)10-19-15-3-1-2-14(17)8-15/h1-8,10,19H/b12-10-. The molecule has 0 saturated carbocycles. The maximum atomic E-state index is 9.16. The van der Waals surface area contributed by atoms with Crippen molar-refractivity contribution in [3.8, 4) is 6.07 Å². The summed E-state index contributed by atoms with van der Waals surface area (Å²) >= 11 is 11.7. The predicted molar refractivity (Wildman–Crippen MR) is 80.1 cm³/mol. The first-order valence-corrected chi connectivity index (χ1v) is 6.33. The van der Waals surface area contributed by atoms with E-state index in [0.717, 1.165) is 11.3 Å². The number of hydrogen-bond donors (Lipinski definition) is 1. The van der Waals surface area contributed by atoms with Gasteiger partial charge >= 0.3 is 0 Å². The van der Waals surface area contributed by atoms with E-state index in [2.05, 4.69) is 11.4 Å². The van der Waals surface area contributed by atoms with Gasteiger partial charge in [-0.15, -0.1) is 0 Å². The SMILES string of the molecule is N#C/C(=C/Nc1cccc(Cl)c1)c1ccc(Cl)cc1. The molecular weight excluding hydrogens is 279 g/mol. The van der Waals surface area contributed by atoms with E-state index in [4.69, 9.17) is 28.5 Å². The zero-order valence-electron chi connectivity index (χ0n) is 9.90. The summed E-state index contributed by atoms with van der Waals surface area (Å²) in [6.07, 6.45) is 1.65. The molecule has 0 atom stereocenters. The minimum atomic E-state index is 0.525. The lowest BCUT2D eigenvalue weighted by molar-refractivity contribution is 1.50. The lowest BCUT2D eigenvalue weighted by Crippen LogP contribution is -1.90. The molecule has 2 nitrogen and oxygen atoms in total. The van der Waals surface area contributed by atoms with Crippen LogP contribution >= 0.6 is 23.2 Å². The van der Waals surface area contributed by atoms with E-state index in [9.17, 15) is 0 Å². The number of halogens is 2. The molecule has 0 aromatic heterocycles. The fourth-order valence-corrected chi connectivity index (χ4v) is 1.86. The molecule has 0 aliphatic carbocycles. The molecule has 0 aliphatic rings. The van der Waals surface area contributed by atoms with Crippen LogP contribution in [-0.2, 0) is 0 Å². The minimum Gasteiger partial charge on any atom is -0.360 e. The van der Waals surface area contributed by atoms with E-state index in [1.807, 2.05) is 12.1 Å². The van der Waals surface area contributed by atoms with Gasteiger partial charge in [-0.3, -0.25) is 0 Å². The predicted octanol–water partition coefficient (Wildman–Crippen LogP) is 4.97. The monoisotopic (exact) mass is 288 g/mol. The van der Waals surface area contributed by atoms with Crippen molar-refractivity contribution >= 4 is 34.5 Å². The second-order valence-electron chi connectivity index (χ2n) is 3.83. The summed E-state index contributed by atoms with van der Waals surface area (Å²) < 4.78 is 0. The number of hydrogen-bond acceptors (Lipinski definition) is 2. The number of nitriles is 1. The van der Waals surface area contributed by atoms with Gasteiger partial charge in [0.1, 0.15) is 6.07 Å². The molecule has 0 fully saturated rings. The Morgan fingerprint density at radius 1 is 1.05 bits per heavy atom. The summed E-state index contributed by atoms with van der Waals surface area (Å²) in [5.41, 5.74) is 2.16. The van der Waals surface area contributed by atoms with Gasteiger partial charge in [0.2, 0.25) is 0 Å². The molecular formula is C15H10Cl2N2. The van der Waals surface area contributed by atoms with Crippen LogP contribution in [0.1, 0.15) is 5.56 Å². The topological polar surface area (TPSA) is 35.8 Å². The van der Waals surface area contributed by atoms with Gasteiger partial charge in [0.05, 0.1) is 5.57 Å². The highest BCUT2D eigenvalue weighted by atomic mass is 35.5. The number of nitrogens with zero attached hydrogens (tertiary/aromatic N) is 1. The lowest BCUT2D eigenvalue weighted by atomic mass is 10.1. The van der Waals surface area contributed by atoms with Crippen LogP contribution < -0.4 is 5.32 Å². The third kappa shape index (κ3) is 3.75. The Balaban J connectivity index is 2.21. The highest BCUT2D eigenvalue weighted by Gasteiger charge is 2.00. The zero-order chi connectivity index (χ0) is 13.7. The summed E-state index contributed by atoms with van der Waals surface area (Å²) in [5.74, 6) is 0. The van der Waals surface area contributed by atoms with E-state index in [-0.39, 0.29) is 0 Å². The largest absolute Gasteiger partial charge is 0.360 e. The van der Waals surface area contributed by atoms with E-state index in [1.165, 1.54) is 0 Å². The second kappa shape index (κ2) is 6.29. The minimum absolute atomic E-state index is 0.525. The Hall–Kier alpha value is -1.95. The summed E-state index contributed by atoms with van der Waals surface area (Å²) in [6.45, 7) is 0. The van der Waals surface area contributed by atoms with Gasteiger partial charge in [-0.25, -0.2) is 0 Å². The van der Waals surface area contributed by atoms with E-state index in [0.29, 0.717) is 15.6 Å². The number of rotatable bonds is 3. The average Bonchev–Trinajstić information content (AvgIpc) is 2.41. The fraction of sp³-hybridized carbons (Fsp3) is 0. The molecule has 0 aliphatic heterocycles. The van der Waals surface area contributed by atoms with Crippen molar-refractivity contribution in [2.75, 3.05) is 5.32 Å². The first-order valence-electron chi connectivity index (χ1n) is 5.57. The summed E-state index contributed by atoms with van der Waals surface area (Å²) in [7, 11) is 0. The Kier molecular flexibility index (Phi) is 4.46. The van der Waals surface area contributed by atoms with Crippen molar-refractivity contribution in [1.82, 2.24) is 0 Å². The molecule has 0 unspecified atom stereocenters. The molecule has 4 heteroatoms. The van der Waals surface area contributed by atoms with Crippen molar-refractivity contribution in [3.05, 3.63) is 70.3 Å². The van der Waals surface area contributed by atoms with Crippen LogP contribution in [0, 0.1) is 11.3 Å². The van der Waals surface area contributed by atoms with Crippen LogP contribution in [0.5, 0.6) is 0 Å². The number of anilines is 1. The lowest BCUT2D eigenvalue weighted by Gasteiger charge is -2.03. The van der Waals surface area contributed by atoms with E-state index < -0.39 is 0 Å². The maximum absolute atomic E-state index is 9.16. The maximum Gasteiger partial charge on any atom is 0.101 e. The molecule has 0 bridgehead atoms. The van der Waals surface area contributed by atoms with E-state index in [1.54, 1.807) is 42.6 Å². The van der Waals surface area contributed by atoms with Crippen LogP contribution in [0.3, 0.4) is 0 Å². The molecule has 19 heavy (non-hydrogen) atoms. The highest BCUT2D eigenvalue weighted by molar-refractivity contribution is 6.31.